The number of unbranched alkanes of at least 4 members (excludes halogenated alkanes) is 37. The number of carbonyl (C=O) groups excluding carboxylic acids is 2. The number of esters is 2. The van der Waals surface area contributed by atoms with Gasteiger partial charge in [0.05, 0.1) is 6.61 Å². The van der Waals surface area contributed by atoms with Gasteiger partial charge >= 0.3 is 11.9 Å². The molecule has 0 saturated heterocycles. The number of allylic oxidation sites excluding steroid dienone is 4. The zero-order chi connectivity index (χ0) is 44.9. The van der Waals surface area contributed by atoms with Crippen LogP contribution in [0.2, 0.25) is 0 Å². The SMILES string of the molecule is CCCCC/C=C\C/C=C\CCCCCCCCCCCCOCC(COC(=O)CCCCCCCCCCCCCCCCC)OC(=O)CCCCCCCCCCCCC. The minimum Gasteiger partial charge on any atom is -0.462 e. The predicted octanol–water partition coefficient (Wildman–Crippen LogP) is 18.8. The van der Waals surface area contributed by atoms with Crippen molar-refractivity contribution in [2.24, 2.45) is 0 Å². The van der Waals surface area contributed by atoms with Gasteiger partial charge in [-0.1, -0.05) is 263 Å². The van der Waals surface area contributed by atoms with Gasteiger partial charge in [-0.3, -0.25) is 9.59 Å². The Bertz CT molecular complexity index is 943. The summed E-state index contributed by atoms with van der Waals surface area (Å²) in [6, 6.07) is 0. The molecule has 0 aliphatic heterocycles. The summed E-state index contributed by atoms with van der Waals surface area (Å²) < 4.78 is 17.4. The first-order valence-electron chi connectivity index (χ1n) is 27.9. The molecule has 0 aliphatic carbocycles. The maximum absolute atomic E-state index is 12.8. The molecule has 0 aromatic rings. The van der Waals surface area contributed by atoms with Crippen molar-refractivity contribution in [1.82, 2.24) is 0 Å². The Labute approximate surface area is 387 Å². The summed E-state index contributed by atoms with van der Waals surface area (Å²) in [4.78, 5) is 25.4. The number of hydrogen-bond acceptors (Lipinski definition) is 5. The summed E-state index contributed by atoms with van der Waals surface area (Å²) >= 11 is 0. The largest absolute Gasteiger partial charge is 0.462 e. The minimum atomic E-state index is -0.529. The van der Waals surface area contributed by atoms with E-state index in [9.17, 15) is 9.59 Å². The molecule has 0 N–H and O–H groups in total. The van der Waals surface area contributed by atoms with E-state index in [1.54, 1.807) is 0 Å². The highest BCUT2D eigenvalue weighted by Gasteiger charge is 2.17. The molecule has 5 nitrogen and oxygen atoms in total. The monoisotopic (exact) mass is 873 g/mol. The van der Waals surface area contributed by atoms with E-state index in [-0.39, 0.29) is 18.5 Å². The second-order valence-electron chi connectivity index (χ2n) is 18.9. The lowest BCUT2D eigenvalue weighted by Crippen LogP contribution is -2.30. The van der Waals surface area contributed by atoms with Crippen LogP contribution in [0, 0.1) is 0 Å². The zero-order valence-corrected chi connectivity index (χ0v) is 42.2. The number of rotatable bonds is 52. The van der Waals surface area contributed by atoms with E-state index >= 15 is 0 Å². The Morgan fingerprint density at radius 2 is 0.677 bits per heavy atom. The normalized spacial score (nSPS) is 12.2. The molecule has 0 aliphatic rings. The molecule has 62 heavy (non-hydrogen) atoms. The zero-order valence-electron chi connectivity index (χ0n) is 42.2. The second-order valence-corrected chi connectivity index (χ2v) is 18.9. The average molecular weight is 873 g/mol. The third-order valence-corrected chi connectivity index (χ3v) is 12.5. The summed E-state index contributed by atoms with van der Waals surface area (Å²) in [6.45, 7) is 7.85. The second kappa shape index (κ2) is 53.7. The van der Waals surface area contributed by atoms with Crippen molar-refractivity contribution >= 4 is 11.9 Å². The van der Waals surface area contributed by atoms with Gasteiger partial charge in [0.1, 0.15) is 6.61 Å². The Balaban J connectivity index is 4.16. The van der Waals surface area contributed by atoms with Crippen LogP contribution in [0.15, 0.2) is 24.3 Å². The molecule has 0 radical (unpaired) electrons. The van der Waals surface area contributed by atoms with Gasteiger partial charge < -0.3 is 14.2 Å². The van der Waals surface area contributed by atoms with Crippen molar-refractivity contribution in [1.29, 1.82) is 0 Å². The van der Waals surface area contributed by atoms with E-state index in [1.165, 1.54) is 225 Å². The van der Waals surface area contributed by atoms with E-state index in [0.29, 0.717) is 26.1 Å². The topological polar surface area (TPSA) is 61.8 Å². The van der Waals surface area contributed by atoms with Crippen molar-refractivity contribution in [3.63, 3.8) is 0 Å². The molecular formula is C57H108O5. The van der Waals surface area contributed by atoms with Gasteiger partial charge in [-0.15, -0.1) is 0 Å². The summed E-state index contributed by atoms with van der Waals surface area (Å²) in [5, 5.41) is 0. The lowest BCUT2D eigenvalue weighted by Gasteiger charge is -2.18. The molecule has 1 atom stereocenters. The first kappa shape index (κ1) is 60.4. The molecule has 0 aromatic carbocycles. The molecule has 366 valence electrons. The molecule has 0 bridgehead atoms. The van der Waals surface area contributed by atoms with Crippen molar-refractivity contribution in [2.45, 2.75) is 309 Å². The molecule has 0 heterocycles. The van der Waals surface area contributed by atoms with Gasteiger partial charge in [-0.2, -0.15) is 0 Å². The van der Waals surface area contributed by atoms with Crippen LogP contribution >= 0.6 is 0 Å². The highest BCUT2D eigenvalue weighted by molar-refractivity contribution is 5.70. The van der Waals surface area contributed by atoms with Crippen molar-refractivity contribution in [2.75, 3.05) is 19.8 Å². The molecular weight excluding hydrogens is 765 g/mol. The van der Waals surface area contributed by atoms with Crippen molar-refractivity contribution in [3.05, 3.63) is 24.3 Å². The molecule has 5 heteroatoms. The van der Waals surface area contributed by atoms with Crippen molar-refractivity contribution < 1.29 is 23.8 Å². The first-order chi connectivity index (χ1) is 30.6. The van der Waals surface area contributed by atoms with Crippen LogP contribution in [0.4, 0.5) is 0 Å². The number of ether oxygens (including phenoxy) is 3. The fraction of sp³-hybridized carbons (Fsp3) is 0.895. The molecule has 0 rings (SSSR count). The van der Waals surface area contributed by atoms with Gasteiger partial charge in [-0.05, 0) is 51.4 Å². The van der Waals surface area contributed by atoms with E-state index in [4.69, 9.17) is 14.2 Å². The van der Waals surface area contributed by atoms with Crippen LogP contribution < -0.4 is 0 Å². The van der Waals surface area contributed by atoms with Gasteiger partial charge in [0, 0.05) is 19.4 Å². The summed E-state index contributed by atoms with van der Waals surface area (Å²) in [5.74, 6) is -0.378. The van der Waals surface area contributed by atoms with Gasteiger partial charge in [0.25, 0.3) is 0 Å². The Morgan fingerprint density at radius 1 is 0.355 bits per heavy atom. The summed E-state index contributed by atoms with van der Waals surface area (Å²) in [5.41, 5.74) is 0. The maximum Gasteiger partial charge on any atom is 0.306 e. The van der Waals surface area contributed by atoms with Crippen LogP contribution in [-0.4, -0.2) is 37.9 Å². The van der Waals surface area contributed by atoms with Crippen LogP contribution in [0.1, 0.15) is 303 Å². The molecule has 0 amide bonds. The Hall–Kier alpha value is -1.62. The van der Waals surface area contributed by atoms with E-state index < -0.39 is 6.10 Å². The quantitative estimate of drug-likeness (QED) is 0.0346. The average Bonchev–Trinajstić information content (AvgIpc) is 3.27. The number of carbonyl (C=O) groups is 2. The summed E-state index contributed by atoms with van der Waals surface area (Å²) in [7, 11) is 0. The maximum atomic E-state index is 12.8. The molecule has 0 fully saturated rings. The third-order valence-electron chi connectivity index (χ3n) is 12.5. The minimum absolute atomic E-state index is 0.0924. The number of hydrogen-bond donors (Lipinski definition) is 0. The van der Waals surface area contributed by atoms with Crippen LogP contribution in [0.3, 0.4) is 0 Å². The molecule has 0 saturated carbocycles. The van der Waals surface area contributed by atoms with Crippen LogP contribution in [0.25, 0.3) is 0 Å². The van der Waals surface area contributed by atoms with Crippen LogP contribution in [-0.2, 0) is 23.8 Å². The van der Waals surface area contributed by atoms with E-state index in [2.05, 4.69) is 45.1 Å². The smallest absolute Gasteiger partial charge is 0.306 e. The Morgan fingerprint density at radius 3 is 1.10 bits per heavy atom. The molecule has 1 unspecified atom stereocenters. The fourth-order valence-corrected chi connectivity index (χ4v) is 8.31. The van der Waals surface area contributed by atoms with E-state index in [0.717, 1.165) is 44.9 Å². The highest BCUT2D eigenvalue weighted by atomic mass is 16.6. The highest BCUT2D eigenvalue weighted by Crippen LogP contribution is 2.16. The fourth-order valence-electron chi connectivity index (χ4n) is 8.31. The standard InChI is InChI=1S/C57H108O5/c1-4-7-10-13-16-19-22-24-26-27-28-29-30-32-34-37-40-43-46-49-52-60-53-55(62-57(59)51-48-45-42-39-35-21-18-15-12-9-6-3)54-61-56(58)50-47-44-41-38-36-33-31-25-23-20-17-14-11-8-5-2/h16,19,24,26,55H,4-15,17-18,20-23,25,27-54H2,1-3H3/b19-16-,26-24-. The van der Waals surface area contributed by atoms with Gasteiger partial charge in [0.15, 0.2) is 6.10 Å². The predicted molar refractivity (Wildman–Crippen MR) is 270 cm³/mol. The third kappa shape index (κ3) is 51.0. The molecule has 0 aromatic heterocycles. The lowest BCUT2D eigenvalue weighted by atomic mass is 10.0. The first-order valence-corrected chi connectivity index (χ1v) is 27.9. The van der Waals surface area contributed by atoms with Gasteiger partial charge in [0.2, 0.25) is 0 Å². The van der Waals surface area contributed by atoms with Crippen molar-refractivity contribution in [3.8, 4) is 0 Å². The van der Waals surface area contributed by atoms with E-state index in [1.807, 2.05) is 0 Å². The lowest BCUT2D eigenvalue weighted by molar-refractivity contribution is -0.163. The van der Waals surface area contributed by atoms with Crippen LogP contribution in [0.5, 0.6) is 0 Å². The molecule has 0 spiro atoms. The summed E-state index contributed by atoms with van der Waals surface area (Å²) in [6.07, 6.45) is 63.3. The Kier molecular flexibility index (Phi) is 52.3. The van der Waals surface area contributed by atoms with Gasteiger partial charge in [-0.25, -0.2) is 0 Å².